The molecule has 4 nitrogen and oxygen atoms in total. The Bertz CT molecular complexity index is 255. The molecule has 0 aromatic carbocycles. The normalized spacial score (nSPS) is 12.5. The van der Waals surface area contributed by atoms with Gasteiger partial charge in [0, 0.05) is 0 Å². The average molecular weight is 176 g/mol. The lowest BCUT2D eigenvalue weighted by atomic mass is 10.3. The Kier molecular flexibility index (Phi) is 3.02. The average Bonchev–Trinajstić information content (AvgIpc) is 1.81. The largest absolute Gasteiger partial charge is 0.217 e. The van der Waals surface area contributed by atoms with E-state index in [0.717, 1.165) is 0 Å². The van der Waals surface area contributed by atoms with E-state index in [1.807, 2.05) is 0 Å². The summed E-state index contributed by atoms with van der Waals surface area (Å²) in [5, 5.41) is 8.12. The second-order valence-corrected chi connectivity index (χ2v) is 5.62. The van der Waals surface area contributed by atoms with Gasteiger partial charge in [0.1, 0.15) is 0 Å². The Morgan fingerprint density at radius 2 is 1.91 bits per heavy atom. The van der Waals surface area contributed by atoms with Crippen LogP contribution in [0.25, 0.3) is 0 Å². The first-order valence-electron chi connectivity index (χ1n) is 3.17. The Morgan fingerprint density at radius 3 is 2.18 bits per heavy atom. The second kappa shape index (κ2) is 3.20. The molecule has 0 aliphatic carbocycles. The molecule has 0 radical (unpaired) electrons. The van der Waals surface area contributed by atoms with Crippen molar-refractivity contribution >= 4 is 10.0 Å². The number of rotatable bonds is 2. The molecule has 0 heterocycles. The molecule has 11 heavy (non-hydrogen) atoms. The lowest BCUT2D eigenvalue weighted by Crippen LogP contribution is -2.39. The van der Waals surface area contributed by atoms with Crippen molar-refractivity contribution in [2.75, 3.05) is 6.54 Å². The molecule has 0 aromatic rings. The summed E-state index contributed by atoms with van der Waals surface area (Å²) in [6.07, 6.45) is 0. The van der Waals surface area contributed by atoms with Crippen LogP contribution in [-0.4, -0.2) is 19.7 Å². The third-order valence-electron chi connectivity index (χ3n) is 1.15. The summed E-state index contributed by atoms with van der Waals surface area (Å²) in [6, 6.07) is 1.71. The van der Waals surface area contributed by atoms with Crippen molar-refractivity contribution in [1.29, 1.82) is 5.26 Å². The van der Waals surface area contributed by atoms with Gasteiger partial charge in [-0.25, -0.2) is 13.1 Å². The van der Waals surface area contributed by atoms with Gasteiger partial charge in [0.25, 0.3) is 0 Å². The molecule has 5 heteroatoms. The van der Waals surface area contributed by atoms with E-state index in [2.05, 4.69) is 4.72 Å². The molecule has 0 saturated carbocycles. The molecule has 0 spiro atoms. The Morgan fingerprint density at radius 1 is 1.45 bits per heavy atom. The maximum atomic E-state index is 11.1. The predicted molar refractivity (Wildman–Crippen MR) is 42.3 cm³/mol. The molecule has 0 fully saturated rings. The molecule has 0 atom stereocenters. The number of hydrogen-bond donors (Lipinski definition) is 1. The molecule has 0 saturated heterocycles. The van der Waals surface area contributed by atoms with Gasteiger partial charge < -0.3 is 0 Å². The highest BCUT2D eigenvalue weighted by molar-refractivity contribution is 7.90. The van der Waals surface area contributed by atoms with Gasteiger partial charge in [0.05, 0.1) is 17.4 Å². The minimum absolute atomic E-state index is 0.167. The van der Waals surface area contributed by atoms with Crippen molar-refractivity contribution < 1.29 is 8.42 Å². The Balaban J connectivity index is 4.41. The summed E-state index contributed by atoms with van der Waals surface area (Å²) in [4.78, 5) is 0. The van der Waals surface area contributed by atoms with E-state index in [9.17, 15) is 8.42 Å². The molecule has 0 rings (SSSR count). The van der Waals surface area contributed by atoms with Crippen LogP contribution in [0.1, 0.15) is 20.8 Å². The number of nitrogens with zero attached hydrogens (tertiary/aromatic N) is 1. The fourth-order valence-corrected chi connectivity index (χ4v) is 1.03. The van der Waals surface area contributed by atoms with E-state index in [1.54, 1.807) is 26.8 Å². The minimum atomic E-state index is -3.33. The monoisotopic (exact) mass is 176 g/mol. The standard InChI is InChI=1S/C6H12N2O2S/c1-6(2,3)11(9,10)8-5-4-7/h8H,5H2,1-3H3. The molecule has 1 N–H and O–H groups in total. The quantitative estimate of drug-likeness (QED) is 0.612. The lowest BCUT2D eigenvalue weighted by molar-refractivity contribution is 0.549. The van der Waals surface area contributed by atoms with E-state index >= 15 is 0 Å². The van der Waals surface area contributed by atoms with Crippen molar-refractivity contribution in [2.24, 2.45) is 0 Å². The lowest BCUT2D eigenvalue weighted by Gasteiger charge is -2.18. The number of hydrogen-bond acceptors (Lipinski definition) is 3. The highest BCUT2D eigenvalue weighted by Crippen LogP contribution is 2.12. The molecule has 0 aliphatic rings. The number of sulfonamides is 1. The number of nitrogens with one attached hydrogen (secondary N) is 1. The summed E-state index contributed by atoms with van der Waals surface area (Å²) in [6.45, 7) is 4.56. The van der Waals surface area contributed by atoms with Gasteiger partial charge in [-0.3, -0.25) is 0 Å². The fraction of sp³-hybridized carbons (Fsp3) is 0.833. The third-order valence-corrected chi connectivity index (χ3v) is 3.28. The first-order chi connectivity index (χ1) is 4.81. The van der Waals surface area contributed by atoms with Crippen LogP contribution in [0.15, 0.2) is 0 Å². The predicted octanol–water partition coefficient (Wildman–Crippen LogP) is 0.228. The number of nitriles is 1. The molecule has 0 aliphatic heterocycles. The molecule has 0 bridgehead atoms. The zero-order chi connectivity index (χ0) is 9.12. The van der Waals surface area contributed by atoms with E-state index in [4.69, 9.17) is 5.26 Å². The van der Waals surface area contributed by atoms with Gasteiger partial charge in [-0.15, -0.1) is 0 Å². The van der Waals surface area contributed by atoms with Crippen molar-refractivity contribution in [3.05, 3.63) is 0 Å². The van der Waals surface area contributed by atoms with Gasteiger partial charge >= 0.3 is 0 Å². The molecule has 64 valence electrons. The summed E-state index contributed by atoms with van der Waals surface area (Å²) < 4.78 is 23.6. The first-order valence-corrected chi connectivity index (χ1v) is 4.66. The minimum Gasteiger partial charge on any atom is -0.212 e. The summed E-state index contributed by atoms with van der Waals surface area (Å²) in [7, 11) is -3.33. The van der Waals surface area contributed by atoms with Gasteiger partial charge in [0.15, 0.2) is 0 Å². The maximum Gasteiger partial charge on any atom is 0.217 e. The van der Waals surface area contributed by atoms with Gasteiger partial charge in [0.2, 0.25) is 10.0 Å². The summed E-state index contributed by atoms with van der Waals surface area (Å²) >= 11 is 0. The van der Waals surface area contributed by atoms with Crippen LogP contribution < -0.4 is 4.72 Å². The fourth-order valence-electron chi connectivity index (χ4n) is 0.344. The zero-order valence-electron chi connectivity index (χ0n) is 6.88. The van der Waals surface area contributed by atoms with Crippen LogP contribution in [0.3, 0.4) is 0 Å². The van der Waals surface area contributed by atoms with Gasteiger partial charge in [-0.2, -0.15) is 5.26 Å². The summed E-state index contributed by atoms with van der Waals surface area (Å²) in [5.41, 5.74) is 0. The van der Waals surface area contributed by atoms with Crippen LogP contribution in [0.4, 0.5) is 0 Å². The molecule has 0 unspecified atom stereocenters. The van der Waals surface area contributed by atoms with E-state index < -0.39 is 14.8 Å². The van der Waals surface area contributed by atoms with Crippen molar-refractivity contribution in [1.82, 2.24) is 4.72 Å². The van der Waals surface area contributed by atoms with Crippen LogP contribution >= 0.6 is 0 Å². The van der Waals surface area contributed by atoms with Crippen LogP contribution in [-0.2, 0) is 10.0 Å². The van der Waals surface area contributed by atoms with Crippen molar-refractivity contribution in [2.45, 2.75) is 25.5 Å². The molecular weight excluding hydrogens is 164 g/mol. The van der Waals surface area contributed by atoms with Crippen molar-refractivity contribution in [3.8, 4) is 6.07 Å². The highest BCUT2D eigenvalue weighted by atomic mass is 32.2. The van der Waals surface area contributed by atoms with Gasteiger partial charge in [-0.05, 0) is 20.8 Å². The van der Waals surface area contributed by atoms with E-state index in [-0.39, 0.29) is 6.54 Å². The third kappa shape index (κ3) is 2.87. The van der Waals surface area contributed by atoms with Crippen LogP contribution in [0, 0.1) is 11.3 Å². The Hall–Kier alpha value is -0.600. The smallest absolute Gasteiger partial charge is 0.212 e. The molecule has 0 aromatic heterocycles. The molecular formula is C6H12N2O2S. The SMILES string of the molecule is CC(C)(C)S(=O)(=O)NCC#N. The van der Waals surface area contributed by atoms with E-state index in [1.165, 1.54) is 0 Å². The van der Waals surface area contributed by atoms with Gasteiger partial charge in [-0.1, -0.05) is 0 Å². The topological polar surface area (TPSA) is 70.0 Å². The molecule has 0 amide bonds. The zero-order valence-corrected chi connectivity index (χ0v) is 7.70. The second-order valence-electron chi connectivity index (χ2n) is 3.10. The Labute approximate surface area is 67.3 Å². The van der Waals surface area contributed by atoms with Crippen LogP contribution in [0.5, 0.6) is 0 Å². The summed E-state index contributed by atoms with van der Waals surface area (Å²) in [5.74, 6) is 0. The maximum absolute atomic E-state index is 11.1. The van der Waals surface area contributed by atoms with Crippen molar-refractivity contribution in [3.63, 3.8) is 0 Å². The van der Waals surface area contributed by atoms with Crippen LogP contribution in [0.2, 0.25) is 0 Å². The first kappa shape index (κ1) is 10.4. The van der Waals surface area contributed by atoms with E-state index in [0.29, 0.717) is 0 Å². The highest BCUT2D eigenvalue weighted by Gasteiger charge is 2.27.